The third-order valence-corrected chi connectivity index (χ3v) is 5.60. The topological polar surface area (TPSA) is 104 Å². The maximum Gasteiger partial charge on any atom is 0.416 e. The second-order valence-electron chi connectivity index (χ2n) is 8.08. The van der Waals surface area contributed by atoms with Crippen LogP contribution in [0.25, 0.3) is 11.0 Å². The Morgan fingerprint density at radius 2 is 1.77 bits per heavy atom. The Morgan fingerprint density at radius 1 is 1.06 bits per heavy atom. The molecule has 0 unspecified atom stereocenters. The lowest BCUT2D eigenvalue weighted by molar-refractivity contribution is -0.137. The minimum Gasteiger partial charge on any atom is -0.484 e. The number of hydrogen-bond acceptors (Lipinski definition) is 8. The van der Waals surface area contributed by atoms with Crippen molar-refractivity contribution in [2.24, 2.45) is 0 Å². The zero-order valence-corrected chi connectivity index (χ0v) is 19.0. The fourth-order valence-corrected chi connectivity index (χ4v) is 3.74. The van der Waals surface area contributed by atoms with Gasteiger partial charge in [-0.2, -0.15) is 13.2 Å². The zero-order valence-electron chi connectivity index (χ0n) is 19.0. The predicted octanol–water partition coefficient (Wildman–Crippen LogP) is 2.48. The number of anilines is 2. The summed E-state index contributed by atoms with van der Waals surface area (Å²) in [5.41, 5.74) is 1.07. The predicted molar refractivity (Wildman–Crippen MR) is 123 cm³/mol. The third-order valence-electron chi connectivity index (χ3n) is 5.60. The molecule has 2 aromatic heterocycles. The molecule has 0 bridgehead atoms. The largest absolute Gasteiger partial charge is 0.484 e. The van der Waals surface area contributed by atoms with Gasteiger partial charge in [0.1, 0.15) is 17.1 Å². The Labute approximate surface area is 199 Å². The van der Waals surface area contributed by atoms with Crippen LogP contribution in [0.4, 0.5) is 24.9 Å². The van der Waals surface area contributed by atoms with Crippen LogP contribution in [0.1, 0.15) is 11.3 Å². The van der Waals surface area contributed by atoms with Gasteiger partial charge in [-0.1, -0.05) is 0 Å². The molecule has 0 aliphatic carbocycles. The van der Waals surface area contributed by atoms with E-state index < -0.39 is 17.6 Å². The van der Waals surface area contributed by atoms with Gasteiger partial charge < -0.3 is 20.1 Å². The molecule has 1 aliphatic rings. The van der Waals surface area contributed by atoms with Crippen molar-refractivity contribution in [3.63, 3.8) is 0 Å². The molecule has 4 rings (SSSR count). The number of aliphatic hydroxyl groups is 1. The van der Waals surface area contributed by atoms with Crippen LogP contribution < -0.4 is 15.0 Å². The van der Waals surface area contributed by atoms with Crippen LogP contribution in [0.3, 0.4) is 0 Å². The van der Waals surface area contributed by atoms with Crippen molar-refractivity contribution in [1.29, 1.82) is 0 Å². The van der Waals surface area contributed by atoms with Gasteiger partial charge in [0, 0.05) is 32.7 Å². The summed E-state index contributed by atoms with van der Waals surface area (Å²) in [5.74, 6) is 0.541. The first-order chi connectivity index (χ1) is 16.7. The van der Waals surface area contributed by atoms with Gasteiger partial charge in [-0.15, -0.1) is 0 Å². The minimum atomic E-state index is -4.43. The van der Waals surface area contributed by atoms with Gasteiger partial charge in [-0.25, -0.2) is 15.0 Å². The van der Waals surface area contributed by atoms with Gasteiger partial charge in [0.15, 0.2) is 6.61 Å². The highest BCUT2D eigenvalue weighted by molar-refractivity contribution is 5.92. The first-order valence-electron chi connectivity index (χ1n) is 11.1. The molecule has 2 N–H and O–H groups in total. The summed E-state index contributed by atoms with van der Waals surface area (Å²) in [4.78, 5) is 30.2. The van der Waals surface area contributed by atoms with E-state index in [9.17, 15) is 18.0 Å². The van der Waals surface area contributed by atoms with Crippen molar-refractivity contribution in [2.75, 3.05) is 56.2 Å². The summed E-state index contributed by atoms with van der Waals surface area (Å²) in [7, 11) is 0. The molecule has 1 aliphatic heterocycles. The SMILES string of the molecule is Cc1nc(N2CCN(CCO)CC2)nc2ccc(NC(=O)COc3ccc(C(F)(F)F)cc3)nc12. The molecule has 12 heteroatoms. The van der Waals surface area contributed by atoms with Crippen LogP contribution in [0.5, 0.6) is 5.75 Å². The van der Waals surface area contributed by atoms with Crippen molar-refractivity contribution in [3.05, 3.63) is 47.7 Å². The standard InChI is InChI=1S/C23H25F3N6O3/c1-15-21-18(28-22(27-15)32-10-8-31(9-11-32)12-13-33)6-7-19(30-21)29-20(34)14-35-17-4-2-16(3-5-17)23(24,25)26/h2-7,33H,8-14H2,1H3,(H,29,30,34). The number of aromatic nitrogens is 3. The van der Waals surface area contributed by atoms with Gasteiger partial charge in [-0.3, -0.25) is 9.69 Å². The quantitative estimate of drug-likeness (QED) is 0.521. The lowest BCUT2D eigenvalue weighted by Crippen LogP contribution is -2.47. The molecule has 186 valence electrons. The smallest absolute Gasteiger partial charge is 0.416 e. The lowest BCUT2D eigenvalue weighted by Gasteiger charge is -2.34. The van der Waals surface area contributed by atoms with Crippen molar-refractivity contribution in [2.45, 2.75) is 13.1 Å². The van der Waals surface area contributed by atoms with Crippen LogP contribution in [-0.4, -0.2) is 76.8 Å². The Morgan fingerprint density at radius 3 is 2.43 bits per heavy atom. The molecule has 35 heavy (non-hydrogen) atoms. The number of fused-ring (bicyclic) bond motifs is 1. The van der Waals surface area contributed by atoms with Gasteiger partial charge >= 0.3 is 6.18 Å². The zero-order chi connectivity index (χ0) is 25.0. The molecule has 3 heterocycles. The summed E-state index contributed by atoms with van der Waals surface area (Å²) < 4.78 is 43.2. The van der Waals surface area contributed by atoms with Crippen molar-refractivity contribution in [3.8, 4) is 5.75 Å². The maximum absolute atomic E-state index is 12.6. The number of halogens is 3. The molecule has 0 atom stereocenters. The number of aliphatic hydroxyl groups excluding tert-OH is 1. The highest BCUT2D eigenvalue weighted by Gasteiger charge is 2.30. The number of β-amino-alcohol motifs (C(OH)–C–C–N with tert-alkyl or cyclic N) is 1. The molecule has 1 fully saturated rings. The van der Waals surface area contributed by atoms with E-state index in [4.69, 9.17) is 9.84 Å². The number of hydrogen-bond donors (Lipinski definition) is 2. The van der Waals surface area contributed by atoms with Gasteiger partial charge in [0.2, 0.25) is 5.95 Å². The third kappa shape index (κ3) is 6.14. The second kappa shape index (κ2) is 10.4. The number of ether oxygens (including phenoxy) is 1. The molecular weight excluding hydrogens is 465 g/mol. The number of amides is 1. The number of nitrogens with one attached hydrogen (secondary N) is 1. The fourth-order valence-electron chi connectivity index (χ4n) is 3.74. The molecule has 3 aromatic rings. The highest BCUT2D eigenvalue weighted by atomic mass is 19.4. The number of alkyl halides is 3. The van der Waals surface area contributed by atoms with Crippen molar-refractivity contribution >= 4 is 28.7 Å². The van der Waals surface area contributed by atoms with Gasteiger partial charge in [0.05, 0.1) is 23.4 Å². The Balaban J connectivity index is 1.37. The van der Waals surface area contributed by atoms with E-state index in [1.165, 1.54) is 0 Å². The first kappa shape index (κ1) is 24.6. The molecule has 1 amide bonds. The number of carbonyl (C=O) groups is 1. The molecule has 1 aromatic carbocycles. The van der Waals surface area contributed by atoms with E-state index in [1.807, 2.05) is 6.92 Å². The van der Waals surface area contributed by atoms with E-state index in [0.717, 1.165) is 50.4 Å². The van der Waals surface area contributed by atoms with E-state index in [2.05, 4.69) is 30.1 Å². The first-order valence-corrected chi connectivity index (χ1v) is 11.1. The van der Waals surface area contributed by atoms with E-state index in [1.54, 1.807) is 12.1 Å². The maximum atomic E-state index is 12.6. The van der Waals surface area contributed by atoms with E-state index >= 15 is 0 Å². The van der Waals surface area contributed by atoms with Crippen LogP contribution in [-0.2, 0) is 11.0 Å². The molecule has 0 saturated carbocycles. The Hall–Kier alpha value is -3.51. The summed E-state index contributed by atoms with van der Waals surface area (Å²) >= 11 is 0. The minimum absolute atomic E-state index is 0.136. The van der Waals surface area contributed by atoms with Crippen LogP contribution in [0.15, 0.2) is 36.4 Å². The normalized spacial score (nSPS) is 14.8. The number of aryl methyl sites for hydroxylation is 1. The summed E-state index contributed by atoms with van der Waals surface area (Å²) in [5, 5.41) is 11.7. The van der Waals surface area contributed by atoms with Crippen LogP contribution >= 0.6 is 0 Å². The number of rotatable bonds is 7. The molecule has 0 radical (unpaired) electrons. The van der Waals surface area contributed by atoms with Crippen molar-refractivity contribution < 1.29 is 27.8 Å². The van der Waals surface area contributed by atoms with Crippen molar-refractivity contribution in [1.82, 2.24) is 19.9 Å². The number of carbonyl (C=O) groups excluding carboxylic acids is 1. The molecule has 0 spiro atoms. The van der Waals surface area contributed by atoms with Crippen LogP contribution in [0, 0.1) is 6.92 Å². The summed E-state index contributed by atoms with van der Waals surface area (Å²) in [6, 6.07) is 7.47. The Kier molecular flexibility index (Phi) is 7.31. The van der Waals surface area contributed by atoms with E-state index in [-0.39, 0.29) is 24.8 Å². The molecule has 9 nitrogen and oxygen atoms in total. The van der Waals surface area contributed by atoms with E-state index in [0.29, 0.717) is 29.2 Å². The number of benzene rings is 1. The average Bonchev–Trinajstić information content (AvgIpc) is 2.83. The van der Waals surface area contributed by atoms with Gasteiger partial charge in [-0.05, 0) is 43.3 Å². The number of pyridine rings is 1. The van der Waals surface area contributed by atoms with Crippen LogP contribution in [0.2, 0.25) is 0 Å². The lowest BCUT2D eigenvalue weighted by atomic mass is 10.2. The second-order valence-corrected chi connectivity index (χ2v) is 8.08. The molecular formula is C23H25F3N6O3. The molecule has 1 saturated heterocycles. The summed E-state index contributed by atoms with van der Waals surface area (Å²) in [6.07, 6.45) is -4.43. The fraction of sp³-hybridized carbons (Fsp3) is 0.391. The number of piperazine rings is 1. The monoisotopic (exact) mass is 490 g/mol. The van der Waals surface area contributed by atoms with Gasteiger partial charge in [0.25, 0.3) is 5.91 Å². The Bertz CT molecular complexity index is 1180. The summed E-state index contributed by atoms with van der Waals surface area (Å²) in [6.45, 7) is 5.37. The highest BCUT2D eigenvalue weighted by Crippen LogP contribution is 2.30. The number of nitrogens with zero attached hydrogens (tertiary/aromatic N) is 5. The average molecular weight is 490 g/mol.